The molecule has 1 aromatic heterocycles. The summed E-state index contributed by atoms with van der Waals surface area (Å²) in [4.78, 5) is 19.0. The second kappa shape index (κ2) is 6.49. The molecule has 2 N–H and O–H groups in total. The quantitative estimate of drug-likeness (QED) is 0.589. The molecule has 0 saturated heterocycles. The molecule has 20 heavy (non-hydrogen) atoms. The van der Waals surface area contributed by atoms with Gasteiger partial charge in [0.05, 0.1) is 4.92 Å². The van der Waals surface area contributed by atoms with Gasteiger partial charge in [0.1, 0.15) is 5.69 Å². The van der Waals surface area contributed by atoms with E-state index in [-0.39, 0.29) is 16.9 Å². The number of hydrogen-bond donors (Lipinski definition) is 2. The van der Waals surface area contributed by atoms with Crippen LogP contribution >= 0.6 is 0 Å². The third-order valence-corrected chi connectivity index (χ3v) is 3.27. The van der Waals surface area contributed by atoms with Crippen molar-refractivity contribution >= 4 is 17.5 Å². The lowest BCUT2D eigenvalue weighted by atomic mass is 9.90. The van der Waals surface area contributed by atoms with E-state index in [4.69, 9.17) is 0 Å². The predicted octanol–water partition coefficient (Wildman–Crippen LogP) is 2.97. The van der Waals surface area contributed by atoms with Crippen LogP contribution in [0.3, 0.4) is 0 Å². The predicted molar refractivity (Wildman–Crippen MR) is 80.1 cm³/mol. The molecule has 1 heterocycles. The van der Waals surface area contributed by atoms with Crippen LogP contribution in [0.5, 0.6) is 0 Å². The van der Waals surface area contributed by atoms with Crippen LogP contribution in [0.2, 0.25) is 0 Å². The Balaban J connectivity index is 3.10. The number of nitrogens with one attached hydrogen (secondary N) is 2. The molecule has 0 aliphatic carbocycles. The van der Waals surface area contributed by atoms with Crippen molar-refractivity contribution in [3.05, 3.63) is 15.8 Å². The van der Waals surface area contributed by atoms with Crippen molar-refractivity contribution < 1.29 is 4.92 Å². The second-order valence-corrected chi connectivity index (χ2v) is 5.49. The molecule has 7 nitrogen and oxygen atoms in total. The van der Waals surface area contributed by atoms with Gasteiger partial charge in [0.15, 0.2) is 0 Å². The van der Waals surface area contributed by atoms with Crippen molar-refractivity contribution in [2.45, 2.75) is 41.0 Å². The lowest BCUT2D eigenvalue weighted by Gasteiger charge is -2.23. The van der Waals surface area contributed by atoms with E-state index in [0.717, 1.165) is 6.42 Å². The van der Waals surface area contributed by atoms with Gasteiger partial charge in [-0.2, -0.15) is 4.98 Å². The summed E-state index contributed by atoms with van der Waals surface area (Å²) in [5.74, 6) is 0.687. The molecule has 1 rings (SSSR count). The first-order valence-electron chi connectivity index (χ1n) is 6.81. The Kier molecular flexibility index (Phi) is 5.24. The van der Waals surface area contributed by atoms with Gasteiger partial charge in [-0.1, -0.05) is 20.8 Å². The summed E-state index contributed by atoms with van der Waals surface area (Å²) in [7, 11) is 0. The van der Waals surface area contributed by atoms with E-state index in [1.165, 1.54) is 0 Å². The van der Waals surface area contributed by atoms with E-state index in [2.05, 4.69) is 41.4 Å². The Morgan fingerprint density at radius 1 is 1.25 bits per heavy atom. The Hall–Kier alpha value is -1.92. The maximum atomic E-state index is 11.2. The van der Waals surface area contributed by atoms with Crippen LogP contribution in [-0.4, -0.2) is 28.0 Å². The molecule has 0 unspecified atom stereocenters. The van der Waals surface area contributed by atoms with Crippen molar-refractivity contribution in [2.24, 2.45) is 5.41 Å². The van der Waals surface area contributed by atoms with Crippen LogP contribution in [0.4, 0.5) is 17.5 Å². The van der Waals surface area contributed by atoms with E-state index >= 15 is 0 Å². The molecule has 112 valence electrons. The molecule has 0 saturated carbocycles. The average molecular weight is 281 g/mol. The summed E-state index contributed by atoms with van der Waals surface area (Å²) in [5.41, 5.74) is 0.349. The van der Waals surface area contributed by atoms with Crippen molar-refractivity contribution in [1.29, 1.82) is 0 Å². The highest BCUT2D eigenvalue weighted by Gasteiger charge is 2.24. The topological polar surface area (TPSA) is 93.0 Å². The summed E-state index contributed by atoms with van der Waals surface area (Å²) in [5, 5.41) is 17.2. The van der Waals surface area contributed by atoms with Gasteiger partial charge < -0.3 is 10.6 Å². The third kappa shape index (κ3) is 4.04. The summed E-state index contributed by atoms with van der Waals surface area (Å²) in [6, 6.07) is 0. The minimum atomic E-state index is -0.438. The smallest absolute Gasteiger partial charge is 0.332 e. The molecule has 0 aromatic carbocycles. The molecule has 0 spiro atoms. The summed E-state index contributed by atoms with van der Waals surface area (Å²) < 4.78 is 0. The zero-order chi connectivity index (χ0) is 15.3. The van der Waals surface area contributed by atoms with Crippen LogP contribution in [-0.2, 0) is 0 Å². The Morgan fingerprint density at radius 2 is 1.90 bits per heavy atom. The monoisotopic (exact) mass is 281 g/mol. The van der Waals surface area contributed by atoms with Gasteiger partial charge in [0, 0.05) is 13.1 Å². The molecule has 0 aliphatic rings. The van der Waals surface area contributed by atoms with Crippen LogP contribution in [0.15, 0.2) is 0 Å². The molecule has 0 amide bonds. The van der Waals surface area contributed by atoms with E-state index < -0.39 is 4.92 Å². The van der Waals surface area contributed by atoms with Gasteiger partial charge in [0.25, 0.3) is 0 Å². The van der Waals surface area contributed by atoms with Crippen LogP contribution < -0.4 is 10.6 Å². The Bertz CT molecular complexity index is 488. The number of hydrogen-bond acceptors (Lipinski definition) is 6. The van der Waals surface area contributed by atoms with Gasteiger partial charge in [-0.05, 0) is 25.7 Å². The van der Waals surface area contributed by atoms with Gasteiger partial charge in [-0.3, -0.25) is 10.1 Å². The largest absolute Gasteiger partial charge is 0.364 e. The molecule has 0 atom stereocenters. The maximum Gasteiger partial charge on any atom is 0.332 e. The number of nitro groups is 1. The first-order valence-corrected chi connectivity index (χ1v) is 6.81. The molecule has 1 aromatic rings. The van der Waals surface area contributed by atoms with Crippen LogP contribution in [0.25, 0.3) is 0 Å². The van der Waals surface area contributed by atoms with Crippen molar-refractivity contribution in [1.82, 2.24) is 9.97 Å². The zero-order valence-corrected chi connectivity index (χ0v) is 12.8. The van der Waals surface area contributed by atoms with Gasteiger partial charge in [-0.25, -0.2) is 4.98 Å². The Labute approximate surface area is 119 Å². The average Bonchev–Trinajstić information content (AvgIpc) is 2.36. The first kappa shape index (κ1) is 16.1. The fourth-order valence-electron chi connectivity index (χ4n) is 1.59. The van der Waals surface area contributed by atoms with Crippen LogP contribution in [0, 0.1) is 22.5 Å². The highest BCUT2D eigenvalue weighted by atomic mass is 16.6. The van der Waals surface area contributed by atoms with E-state index in [9.17, 15) is 10.1 Å². The fourth-order valence-corrected chi connectivity index (χ4v) is 1.59. The second-order valence-electron chi connectivity index (χ2n) is 5.49. The normalized spacial score (nSPS) is 11.2. The standard InChI is InChI=1S/C13H23N5O2/c1-6-13(4,5)8-15-11-10(18(19)20)9(3)16-12(17-11)14-7-2/h6-8H2,1-5H3,(H2,14,15,16,17). The van der Waals surface area contributed by atoms with E-state index in [1.54, 1.807) is 6.92 Å². The molecule has 0 fully saturated rings. The Morgan fingerprint density at radius 3 is 2.40 bits per heavy atom. The third-order valence-electron chi connectivity index (χ3n) is 3.27. The van der Waals surface area contributed by atoms with Crippen LogP contribution in [0.1, 0.15) is 39.8 Å². The lowest BCUT2D eigenvalue weighted by molar-refractivity contribution is -0.385. The van der Waals surface area contributed by atoms with Gasteiger partial charge in [0.2, 0.25) is 11.8 Å². The van der Waals surface area contributed by atoms with Gasteiger partial charge in [-0.15, -0.1) is 0 Å². The minimum absolute atomic E-state index is 0.0467. The summed E-state index contributed by atoms with van der Waals surface area (Å²) >= 11 is 0. The summed E-state index contributed by atoms with van der Waals surface area (Å²) in [6.45, 7) is 11.1. The number of anilines is 2. The van der Waals surface area contributed by atoms with Gasteiger partial charge >= 0.3 is 5.69 Å². The van der Waals surface area contributed by atoms with E-state index in [1.807, 2.05) is 6.92 Å². The first-order chi connectivity index (χ1) is 9.30. The molecular weight excluding hydrogens is 258 g/mol. The maximum absolute atomic E-state index is 11.2. The number of nitrogens with zero attached hydrogens (tertiary/aromatic N) is 3. The molecule has 0 aliphatic heterocycles. The molecule has 7 heteroatoms. The number of aromatic nitrogens is 2. The molecular formula is C13H23N5O2. The fraction of sp³-hybridized carbons (Fsp3) is 0.692. The van der Waals surface area contributed by atoms with Crippen molar-refractivity contribution in [3.8, 4) is 0 Å². The minimum Gasteiger partial charge on any atom is -0.364 e. The number of aryl methyl sites for hydroxylation is 1. The molecule has 0 radical (unpaired) electrons. The highest BCUT2D eigenvalue weighted by Crippen LogP contribution is 2.28. The highest BCUT2D eigenvalue weighted by molar-refractivity contribution is 5.60. The summed E-state index contributed by atoms with van der Waals surface area (Å²) in [6.07, 6.45) is 0.970. The van der Waals surface area contributed by atoms with Crippen molar-refractivity contribution in [2.75, 3.05) is 23.7 Å². The SMILES string of the molecule is CCNc1nc(C)c([N+](=O)[O-])c(NCC(C)(C)CC)n1. The lowest BCUT2D eigenvalue weighted by Crippen LogP contribution is -2.23. The van der Waals surface area contributed by atoms with E-state index in [0.29, 0.717) is 24.7 Å². The number of rotatable bonds is 7. The zero-order valence-electron chi connectivity index (χ0n) is 12.8. The molecule has 0 bridgehead atoms. The van der Waals surface area contributed by atoms with Crippen molar-refractivity contribution in [3.63, 3.8) is 0 Å².